The van der Waals surface area contributed by atoms with Crippen molar-refractivity contribution < 1.29 is 4.74 Å². The monoisotopic (exact) mass is 290 g/mol. The minimum Gasteiger partial charge on any atom is -0.438 e. The summed E-state index contributed by atoms with van der Waals surface area (Å²) in [6, 6.07) is 7.65. The van der Waals surface area contributed by atoms with Crippen LogP contribution in [-0.4, -0.2) is 12.0 Å². The molecule has 1 heterocycles. The van der Waals surface area contributed by atoms with Crippen LogP contribution in [0, 0.1) is 20.8 Å². The SMILES string of the molecule is CNCc1c(C)cc(C)nc1Oc1ccc(Cl)cc1C. The van der Waals surface area contributed by atoms with Gasteiger partial charge in [-0.3, -0.25) is 0 Å². The van der Waals surface area contributed by atoms with E-state index in [1.54, 1.807) is 0 Å². The van der Waals surface area contributed by atoms with Gasteiger partial charge in [-0.05, 0) is 63.2 Å². The predicted octanol–water partition coefficient (Wildman–Crippen LogP) is 4.17. The van der Waals surface area contributed by atoms with Crippen LogP contribution in [0.25, 0.3) is 0 Å². The van der Waals surface area contributed by atoms with Gasteiger partial charge in [-0.2, -0.15) is 0 Å². The zero-order valence-corrected chi connectivity index (χ0v) is 13.0. The van der Waals surface area contributed by atoms with Crippen molar-refractivity contribution in [2.75, 3.05) is 7.05 Å². The van der Waals surface area contributed by atoms with Gasteiger partial charge in [-0.1, -0.05) is 11.6 Å². The highest BCUT2D eigenvalue weighted by Crippen LogP contribution is 2.30. The third-order valence-electron chi connectivity index (χ3n) is 3.13. The molecule has 0 bridgehead atoms. The molecule has 0 atom stereocenters. The maximum absolute atomic E-state index is 6.00. The third-order valence-corrected chi connectivity index (χ3v) is 3.37. The molecule has 1 aromatic heterocycles. The summed E-state index contributed by atoms with van der Waals surface area (Å²) < 4.78 is 6.00. The van der Waals surface area contributed by atoms with Crippen molar-refractivity contribution in [2.24, 2.45) is 0 Å². The Kier molecular flexibility index (Phi) is 4.63. The molecule has 20 heavy (non-hydrogen) atoms. The molecule has 0 aliphatic rings. The Bertz CT molecular complexity index is 626. The second kappa shape index (κ2) is 6.25. The van der Waals surface area contributed by atoms with E-state index in [1.807, 2.05) is 39.1 Å². The van der Waals surface area contributed by atoms with Gasteiger partial charge in [-0.15, -0.1) is 0 Å². The second-order valence-electron chi connectivity index (χ2n) is 4.91. The summed E-state index contributed by atoms with van der Waals surface area (Å²) >= 11 is 5.97. The molecule has 0 saturated heterocycles. The summed E-state index contributed by atoms with van der Waals surface area (Å²) in [5.74, 6) is 1.44. The Morgan fingerprint density at radius 3 is 2.55 bits per heavy atom. The summed E-state index contributed by atoms with van der Waals surface area (Å²) in [6.07, 6.45) is 0. The number of benzene rings is 1. The quantitative estimate of drug-likeness (QED) is 0.917. The van der Waals surface area contributed by atoms with Crippen LogP contribution in [-0.2, 0) is 6.54 Å². The predicted molar refractivity (Wildman–Crippen MR) is 82.7 cm³/mol. The van der Waals surface area contributed by atoms with E-state index in [1.165, 1.54) is 5.56 Å². The lowest BCUT2D eigenvalue weighted by molar-refractivity contribution is 0.449. The highest BCUT2D eigenvalue weighted by atomic mass is 35.5. The highest BCUT2D eigenvalue weighted by Gasteiger charge is 2.12. The van der Waals surface area contributed by atoms with Gasteiger partial charge in [0.05, 0.1) is 0 Å². The van der Waals surface area contributed by atoms with Crippen molar-refractivity contribution in [3.05, 3.63) is 51.7 Å². The average molecular weight is 291 g/mol. The zero-order valence-electron chi connectivity index (χ0n) is 12.2. The number of hydrogen-bond donors (Lipinski definition) is 1. The normalized spacial score (nSPS) is 10.7. The van der Waals surface area contributed by atoms with E-state index in [0.717, 1.165) is 29.1 Å². The van der Waals surface area contributed by atoms with Crippen LogP contribution in [0.4, 0.5) is 0 Å². The lowest BCUT2D eigenvalue weighted by Crippen LogP contribution is -2.10. The van der Waals surface area contributed by atoms with Crippen molar-refractivity contribution in [2.45, 2.75) is 27.3 Å². The maximum atomic E-state index is 6.00. The Hall–Kier alpha value is -1.58. The number of nitrogens with one attached hydrogen (secondary N) is 1. The number of aromatic nitrogens is 1. The fourth-order valence-electron chi connectivity index (χ4n) is 2.14. The molecule has 0 saturated carbocycles. The van der Waals surface area contributed by atoms with Crippen molar-refractivity contribution >= 4 is 11.6 Å². The summed E-state index contributed by atoms with van der Waals surface area (Å²) in [4.78, 5) is 4.52. The number of halogens is 1. The summed E-state index contributed by atoms with van der Waals surface area (Å²) in [5, 5.41) is 3.86. The lowest BCUT2D eigenvalue weighted by Gasteiger charge is -2.15. The molecule has 2 rings (SSSR count). The number of rotatable bonds is 4. The molecule has 0 radical (unpaired) electrons. The minimum absolute atomic E-state index is 0.655. The van der Waals surface area contributed by atoms with E-state index in [4.69, 9.17) is 16.3 Å². The second-order valence-corrected chi connectivity index (χ2v) is 5.34. The van der Waals surface area contributed by atoms with Crippen LogP contribution in [0.3, 0.4) is 0 Å². The van der Waals surface area contributed by atoms with Crippen LogP contribution in [0.15, 0.2) is 24.3 Å². The maximum Gasteiger partial charge on any atom is 0.224 e. The van der Waals surface area contributed by atoms with Gasteiger partial charge in [0, 0.05) is 22.8 Å². The minimum atomic E-state index is 0.655. The first kappa shape index (κ1) is 14.8. The molecule has 1 aromatic carbocycles. The van der Waals surface area contributed by atoms with Gasteiger partial charge >= 0.3 is 0 Å². The van der Waals surface area contributed by atoms with Crippen LogP contribution < -0.4 is 10.1 Å². The number of hydrogen-bond acceptors (Lipinski definition) is 3. The lowest BCUT2D eigenvalue weighted by atomic mass is 10.1. The van der Waals surface area contributed by atoms with Crippen LogP contribution in [0.1, 0.15) is 22.4 Å². The molecule has 3 nitrogen and oxygen atoms in total. The topological polar surface area (TPSA) is 34.2 Å². The van der Waals surface area contributed by atoms with Crippen molar-refractivity contribution in [1.29, 1.82) is 0 Å². The van der Waals surface area contributed by atoms with Crippen molar-refractivity contribution in [3.63, 3.8) is 0 Å². The van der Waals surface area contributed by atoms with Gasteiger partial charge < -0.3 is 10.1 Å². The van der Waals surface area contributed by atoms with Gasteiger partial charge in [0.2, 0.25) is 5.88 Å². The largest absolute Gasteiger partial charge is 0.438 e. The van der Waals surface area contributed by atoms with Crippen LogP contribution >= 0.6 is 11.6 Å². The molecule has 0 aliphatic carbocycles. The highest BCUT2D eigenvalue weighted by molar-refractivity contribution is 6.30. The fraction of sp³-hybridized carbons (Fsp3) is 0.312. The summed E-state index contributed by atoms with van der Waals surface area (Å²) in [5.41, 5.74) is 4.19. The van der Waals surface area contributed by atoms with E-state index in [9.17, 15) is 0 Å². The molecule has 0 amide bonds. The van der Waals surface area contributed by atoms with E-state index in [0.29, 0.717) is 10.9 Å². The molecule has 2 aromatic rings. The molecule has 0 spiro atoms. The number of nitrogens with zero attached hydrogens (tertiary/aromatic N) is 1. The first-order valence-corrected chi connectivity index (χ1v) is 6.94. The van der Waals surface area contributed by atoms with Crippen molar-refractivity contribution in [1.82, 2.24) is 10.3 Å². The van der Waals surface area contributed by atoms with Gasteiger partial charge in [0.25, 0.3) is 0 Å². The molecule has 106 valence electrons. The van der Waals surface area contributed by atoms with E-state index in [2.05, 4.69) is 23.3 Å². The standard InChI is InChI=1S/C16H19ClN2O/c1-10-7-12(3)19-16(14(10)9-18-4)20-15-6-5-13(17)8-11(15)2/h5-8,18H,9H2,1-4H3. The molecule has 0 fully saturated rings. The Morgan fingerprint density at radius 1 is 1.15 bits per heavy atom. The molecule has 4 heteroatoms. The van der Waals surface area contributed by atoms with Gasteiger partial charge in [-0.25, -0.2) is 4.98 Å². The third kappa shape index (κ3) is 3.30. The first-order chi connectivity index (χ1) is 9.51. The Labute approximate surface area is 124 Å². The number of pyridine rings is 1. The van der Waals surface area contributed by atoms with Crippen molar-refractivity contribution in [3.8, 4) is 11.6 Å². The molecular formula is C16H19ClN2O. The molecule has 0 unspecified atom stereocenters. The fourth-order valence-corrected chi connectivity index (χ4v) is 2.36. The molecular weight excluding hydrogens is 272 g/mol. The van der Waals surface area contributed by atoms with Gasteiger partial charge in [0.15, 0.2) is 0 Å². The van der Waals surface area contributed by atoms with E-state index < -0.39 is 0 Å². The molecule has 1 N–H and O–H groups in total. The molecule has 0 aliphatic heterocycles. The first-order valence-electron chi connectivity index (χ1n) is 6.57. The Balaban J connectivity index is 2.41. The Morgan fingerprint density at radius 2 is 1.90 bits per heavy atom. The number of ether oxygens (including phenoxy) is 1. The van der Waals surface area contributed by atoms with Crippen LogP contribution in [0.2, 0.25) is 5.02 Å². The van der Waals surface area contributed by atoms with Gasteiger partial charge in [0.1, 0.15) is 5.75 Å². The average Bonchev–Trinajstić information content (AvgIpc) is 2.37. The zero-order chi connectivity index (χ0) is 14.7. The number of aryl methyl sites for hydroxylation is 3. The van der Waals surface area contributed by atoms with Crippen LogP contribution in [0.5, 0.6) is 11.6 Å². The van der Waals surface area contributed by atoms with E-state index >= 15 is 0 Å². The smallest absolute Gasteiger partial charge is 0.224 e. The summed E-state index contributed by atoms with van der Waals surface area (Å²) in [7, 11) is 1.91. The van der Waals surface area contributed by atoms with E-state index in [-0.39, 0.29) is 0 Å². The summed E-state index contributed by atoms with van der Waals surface area (Å²) in [6.45, 7) is 6.74.